The Labute approximate surface area is 250 Å². The number of fused-ring (bicyclic) bond motifs is 1. The summed E-state index contributed by atoms with van der Waals surface area (Å²) in [5, 5.41) is 9.30. The summed E-state index contributed by atoms with van der Waals surface area (Å²) >= 11 is 0. The van der Waals surface area contributed by atoms with Gasteiger partial charge in [0.05, 0.1) is 11.5 Å². The van der Waals surface area contributed by atoms with E-state index in [0.717, 1.165) is 18.8 Å². The summed E-state index contributed by atoms with van der Waals surface area (Å²) in [7, 11) is 0. The van der Waals surface area contributed by atoms with E-state index < -0.39 is 35.0 Å². The molecule has 2 bridgehead atoms. The Morgan fingerprint density at radius 1 is 1.07 bits per heavy atom. The average molecular weight is 582 g/mol. The molecule has 3 saturated heterocycles. The third kappa shape index (κ3) is 5.37. The van der Waals surface area contributed by atoms with E-state index in [1.807, 2.05) is 31.2 Å². The quantitative estimate of drug-likeness (QED) is 0.178. The molecule has 1 N–H and O–H groups in total. The molecule has 4 rings (SSSR count). The van der Waals surface area contributed by atoms with E-state index in [4.69, 9.17) is 9.47 Å². The van der Waals surface area contributed by atoms with Crippen molar-refractivity contribution in [1.29, 1.82) is 0 Å². The second-order valence-corrected chi connectivity index (χ2v) is 11.5. The van der Waals surface area contributed by atoms with Gasteiger partial charge in [0.1, 0.15) is 24.2 Å². The van der Waals surface area contributed by atoms with Gasteiger partial charge in [-0.25, -0.2) is 0 Å². The van der Waals surface area contributed by atoms with E-state index in [2.05, 4.69) is 31.9 Å². The molecule has 3 fully saturated rings. The normalized spacial score (nSPS) is 27.6. The van der Waals surface area contributed by atoms with Gasteiger partial charge in [-0.15, -0.1) is 6.58 Å². The summed E-state index contributed by atoms with van der Waals surface area (Å²) in [6.07, 6.45) is 6.77. The predicted molar refractivity (Wildman–Crippen MR) is 163 cm³/mol. The van der Waals surface area contributed by atoms with Gasteiger partial charge in [-0.2, -0.15) is 0 Å². The number of unbranched alkanes of at least 4 members (excludes halogenated alkanes) is 2. The van der Waals surface area contributed by atoms with Crippen LogP contribution < -0.4 is 9.80 Å². The maximum absolute atomic E-state index is 14.7. The van der Waals surface area contributed by atoms with E-state index in [1.54, 1.807) is 15.9 Å². The van der Waals surface area contributed by atoms with Crippen LogP contribution in [0.4, 0.5) is 11.4 Å². The molecule has 9 heteroatoms. The average Bonchev–Trinajstić information content (AvgIpc) is 3.61. The minimum atomic E-state index is -1.13. The van der Waals surface area contributed by atoms with Crippen molar-refractivity contribution in [2.24, 2.45) is 11.8 Å². The molecule has 0 aromatic heterocycles. The highest BCUT2D eigenvalue weighted by molar-refractivity contribution is 6.05. The molecular formula is C33H47N3O6. The SMILES string of the molecule is C=CCOC(=O)[C@@H]1[C@H]2C(=O)N(CCCCCO)C(C(=O)N(CC=C)c3ccc(N(CC)CC)cc3)C23CC[C@@]1(CC)O3. The summed E-state index contributed by atoms with van der Waals surface area (Å²) in [6, 6.07) is 6.99. The summed E-state index contributed by atoms with van der Waals surface area (Å²) in [6.45, 7) is 16.2. The van der Waals surface area contributed by atoms with Gasteiger partial charge in [0.25, 0.3) is 5.91 Å². The zero-order valence-electron chi connectivity index (χ0n) is 25.4. The van der Waals surface area contributed by atoms with Crippen molar-refractivity contribution in [2.45, 2.75) is 76.5 Å². The number of carbonyl (C=O) groups excluding carboxylic acids is 3. The number of aliphatic hydroxyl groups is 1. The number of amides is 2. The van der Waals surface area contributed by atoms with Crippen LogP contribution in [0.25, 0.3) is 0 Å². The van der Waals surface area contributed by atoms with Crippen molar-refractivity contribution in [3.63, 3.8) is 0 Å². The Hall–Kier alpha value is -3.17. The van der Waals surface area contributed by atoms with Gasteiger partial charge in [0.2, 0.25) is 5.91 Å². The first-order valence-corrected chi connectivity index (χ1v) is 15.4. The molecule has 0 saturated carbocycles. The van der Waals surface area contributed by atoms with Crippen molar-refractivity contribution >= 4 is 29.2 Å². The number of hydrogen-bond donors (Lipinski definition) is 1. The molecule has 3 aliphatic rings. The molecular weight excluding hydrogens is 534 g/mol. The van der Waals surface area contributed by atoms with E-state index in [9.17, 15) is 19.5 Å². The van der Waals surface area contributed by atoms with Gasteiger partial charge in [-0.1, -0.05) is 25.7 Å². The number of rotatable bonds is 16. The Balaban J connectivity index is 1.75. The lowest BCUT2D eigenvalue weighted by Gasteiger charge is -2.37. The van der Waals surface area contributed by atoms with Crippen LogP contribution in [0.5, 0.6) is 0 Å². The number of carbonyl (C=O) groups is 3. The molecule has 42 heavy (non-hydrogen) atoms. The van der Waals surface area contributed by atoms with Crippen LogP contribution in [0, 0.1) is 11.8 Å². The summed E-state index contributed by atoms with van der Waals surface area (Å²) in [5.74, 6) is -2.53. The number of anilines is 2. The second-order valence-electron chi connectivity index (χ2n) is 11.5. The lowest BCUT2D eigenvalue weighted by molar-refractivity contribution is -0.159. The first-order valence-electron chi connectivity index (χ1n) is 15.4. The second kappa shape index (κ2) is 13.4. The van der Waals surface area contributed by atoms with Gasteiger partial charge in [-0.3, -0.25) is 14.4 Å². The highest BCUT2D eigenvalue weighted by atomic mass is 16.6. The molecule has 1 aromatic rings. The van der Waals surface area contributed by atoms with Crippen LogP contribution in [0.15, 0.2) is 49.6 Å². The Kier molecular flexibility index (Phi) is 10.1. The van der Waals surface area contributed by atoms with Crippen LogP contribution in [0.2, 0.25) is 0 Å². The fraction of sp³-hybridized carbons (Fsp3) is 0.606. The standard InChI is InChI=1S/C33H47N3O6/c1-6-20-35(25-16-14-24(15-17-25)34(9-4)10-5)30(39)28-33-19-18-32(8-3,42-33)27(31(40)41-23-7-2)26(33)29(38)36(28)21-12-11-13-22-37/h6-7,14-17,26-28,37H,1-2,8-13,18-23H2,3-5H3/t26-,27-,28?,32+,33?/m0/s1. The Morgan fingerprint density at radius 2 is 1.76 bits per heavy atom. The molecule has 2 amide bonds. The molecule has 1 aromatic carbocycles. The number of esters is 1. The van der Waals surface area contributed by atoms with E-state index >= 15 is 0 Å². The Bertz CT molecular complexity index is 1150. The first-order chi connectivity index (χ1) is 20.3. The number of ether oxygens (including phenoxy) is 2. The number of hydrogen-bond acceptors (Lipinski definition) is 7. The lowest BCUT2D eigenvalue weighted by Crippen LogP contribution is -2.56. The van der Waals surface area contributed by atoms with E-state index in [1.165, 1.54) is 6.08 Å². The maximum atomic E-state index is 14.7. The molecule has 3 heterocycles. The molecule has 230 valence electrons. The van der Waals surface area contributed by atoms with Crippen molar-refractivity contribution in [3.8, 4) is 0 Å². The monoisotopic (exact) mass is 581 g/mol. The molecule has 9 nitrogen and oxygen atoms in total. The zero-order valence-corrected chi connectivity index (χ0v) is 25.4. The first kappa shape index (κ1) is 31.8. The number of benzene rings is 1. The fourth-order valence-corrected chi connectivity index (χ4v) is 7.43. The van der Waals surface area contributed by atoms with Crippen LogP contribution in [0.3, 0.4) is 0 Å². The maximum Gasteiger partial charge on any atom is 0.313 e. The van der Waals surface area contributed by atoms with Crippen LogP contribution in [-0.4, -0.2) is 84.4 Å². The zero-order chi connectivity index (χ0) is 30.5. The third-order valence-corrected chi connectivity index (χ3v) is 9.44. The molecule has 0 aliphatic carbocycles. The number of nitrogens with zero attached hydrogens (tertiary/aromatic N) is 3. The lowest BCUT2D eigenvalue weighted by atomic mass is 9.65. The highest BCUT2D eigenvalue weighted by Crippen LogP contribution is 2.64. The highest BCUT2D eigenvalue weighted by Gasteiger charge is 2.79. The smallest absolute Gasteiger partial charge is 0.313 e. The van der Waals surface area contributed by atoms with Crippen molar-refractivity contribution < 1.29 is 29.0 Å². The molecule has 2 unspecified atom stereocenters. The van der Waals surface area contributed by atoms with Crippen molar-refractivity contribution in [3.05, 3.63) is 49.6 Å². The minimum absolute atomic E-state index is 0.0485. The molecule has 1 spiro atoms. The summed E-state index contributed by atoms with van der Waals surface area (Å²) in [4.78, 5) is 48.0. The van der Waals surface area contributed by atoms with Crippen molar-refractivity contribution in [1.82, 2.24) is 4.90 Å². The predicted octanol–water partition coefficient (Wildman–Crippen LogP) is 4.10. The van der Waals surface area contributed by atoms with Crippen LogP contribution >= 0.6 is 0 Å². The van der Waals surface area contributed by atoms with Gasteiger partial charge in [0.15, 0.2) is 0 Å². The van der Waals surface area contributed by atoms with Gasteiger partial charge >= 0.3 is 5.97 Å². The largest absolute Gasteiger partial charge is 0.461 e. The van der Waals surface area contributed by atoms with Crippen molar-refractivity contribution in [2.75, 3.05) is 49.2 Å². The molecule has 5 atom stereocenters. The fourth-order valence-electron chi connectivity index (χ4n) is 7.43. The number of aliphatic hydroxyl groups excluding tert-OH is 1. The molecule has 0 radical (unpaired) electrons. The number of likely N-dealkylation sites (tertiary alicyclic amines) is 1. The summed E-state index contributed by atoms with van der Waals surface area (Å²) in [5.41, 5.74) is -0.199. The van der Waals surface area contributed by atoms with E-state index in [-0.39, 0.29) is 31.6 Å². The van der Waals surface area contributed by atoms with Gasteiger partial charge in [0, 0.05) is 44.2 Å². The summed E-state index contributed by atoms with van der Waals surface area (Å²) < 4.78 is 12.3. The molecule has 3 aliphatic heterocycles. The van der Waals surface area contributed by atoms with Crippen LogP contribution in [0.1, 0.15) is 59.3 Å². The van der Waals surface area contributed by atoms with Crippen LogP contribution in [-0.2, 0) is 23.9 Å². The van der Waals surface area contributed by atoms with Gasteiger partial charge < -0.3 is 29.3 Å². The Morgan fingerprint density at radius 3 is 2.36 bits per heavy atom. The topological polar surface area (TPSA) is 99.6 Å². The van der Waals surface area contributed by atoms with Gasteiger partial charge in [-0.05, 0) is 76.6 Å². The van der Waals surface area contributed by atoms with E-state index in [0.29, 0.717) is 50.8 Å². The third-order valence-electron chi connectivity index (χ3n) is 9.44. The minimum Gasteiger partial charge on any atom is -0.461 e.